The van der Waals surface area contributed by atoms with E-state index in [2.05, 4.69) is 0 Å². The number of carboxylic acids is 1. The predicted molar refractivity (Wildman–Crippen MR) is 71.6 cm³/mol. The number of Topliss-reactive ketones (excluding diaryl/α,β-unsaturated/α-hetero) is 1. The summed E-state index contributed by atoms with van der Waals surface area (Å²) in [5.74, 6) is -0.782. The third-order valence-electron chi connectivity index (χ3n) is 3.09. The lowest BCUT2D eigenvalue weighted by Crippen LogP contribution is -2.31. The molecule has 1 rings (SSSR count). The molecular formula is C14H19NO4. The van der Waals surface area contributed by atoms with Crippen LogP contribution in [-0.4, -0.2) is 30.0 Å². The molecule has 0 saturated carbocycles. The van der Waals surface area contributed by atoms with Crippen LogP contribution in [0.4, 0.5) is 0 Å². The molecule has 1 aromatic carbocycles. The van der Waals surface area contributed by atoms with Crippen LogP contribution in [0, 0.1) is 13.8 Å². The fourth-order valence-corrected chi connectivity index (χ4v) is 1.76. The first-order valence-corrected chi connectivity index (χ1v) is 6.03. The van der Waals surface area contributed by atoms with Gasteiger partial charge in [0, 0.05) is 6.42 Å². The topological polar surface area (TPSA) is 89.6 Å². The molecule has 1 unspecified atom stereocenters. The zero-order valence-electron chi connectivity index (χ0n) is 11.4. The van der Waals surface area contributed by atoms with Crippen molar-refractivity contribution < 1.29 is 19.4 Å². The van der Waals surface area contributed by atoms with E-state index in [9.17, 15) is 9.59 Å². The molecule has 19 heavy (non-hydrogen) atoms. The lowest BCUT2D eigenvalue weighted by atomic mass is 9.96. The minimum absolute atomic E-state index is 0.115. The highest BCUT2D eigenvalue weighted by molar-refractivity contribution is 6.02. The first-order chi connectivity index (χ1) is 8.86. The van der Waals surface area contributed by atoms with E-state index < -0.39 is 12.0 Å². The summed E-state index contributed by atoms with van der Waals surface area (Å²) in [5.41, 5.74) is 8.13. The number of benzene rings is 1. The largest absolute Gasteiger partial charge is 0.496 e. The van der Waals surface area contributed by atoms with Crippen LogP contribution in [0.15, 0.2) is 12.1 Å². The molecule has 0 aliphatic carbocycles. The molecule has 0 bridgehead atoms. The number of carboxylic acid groups (broad SMARTS) is 1. The molecule has 0 spiro atoms. The zero-order chi connectivity index (χ0) is 14.6. The number of carbonyl (C=O) groups excluding carboxylic acids is 1. The molecule has 0 heterocycles. The third kappa shape index (κ3) is 3.79. The van der Waals surface area contributed by atoms with Crippen molar-refractivity contribution in [3.8, 4) is 5.75 Å². The minimum atomic E-state index is -0.963. The smallest absolute Gasteiger partial charge is 0.303 e. The van der Waals surface area contributed by atoms with Crippen molar-refractivity contribution >= 4 is 11.8 Å². The molecule has 5 nitrogen and oxygen atoms in total. The van der Waals surface area contributed by atoms with E-state index >= 15 is 0 Å². The number of nitrogens with two attached hydrogens (primary N) is 1. The lowest BCUT2D eigenvalue weighted by Gasteiger charge is -2.14. The van der Waals surface area contributed by atoms with E-state index in [-0.39, 0.29) is 18.6 Å². The summed E-state index contributed by atoms with van der Waals surface area (Å²) in [6.45, 7) is 3.82. The van der Waals surface area contributed by atoms with Gasteiger partial charge in [0.15, 0.2) is 5.78 Å². The average molecular weight is 265 g/mol. The molecule has 1 aromatic rings. The van der Waals surface area contributed by atoms with Crippen molar-refractivity contribution in [3.05, 3.63) is 28.8 Å². The van der Waals surface area contributed by atoms with Crippen molar-refractivity contribution in [3.63, 3.8) is 0 Å². The maximum Gasteiger partial charge on any atom is 0.303 e. The van der Waals surface area contributed by atoms with Gasteiger partial charge in [-0.15, -0.1) is 0 Å². The number of ether oxygens (including phenoxy) is 1. The molecule has 5 heteroatoms. The highest BCUT2D eigenvalue weighted by Gasteiger charge is 2.21. The maximum atomic E-state index is 12.2. The molecule has 0 aliphatic heterocycles. The number of ketones is 1. The van der Waals surface area contributed by atoms with Crippen LogP contribution >= 0.6 is 0 Å². The minimum Gasteiger partial charge on any atom is -0.496 e. The van der Waals surface area contributed by atoms with Crippen LogP contribution in [0.5, 0.6) is 5.75 Å². The summed E-state index contributed by atoms with van der Waals surface area (Å²) in [5, 5.41) is 8.60. The van der Waals surface area contributed by atoms with Gasteiger partial charge in [-0.3, -0.25) is 9.59 Å². The van der Waals surface area contributed by atoms with E-state index in [1.54, 1.807) is 12.1 Å². The lowest BCUT2D eigenvalue weighted by molar-refractivity contribution is -0.137. The molecule has 0 fully saturated rings. The van der Waals surface area contributed by atoms with Gasteiger partial charge in [-0.05, 0) is 43.5 Å². The average Bonchev–Trinajstić information content (AvgIpc) is 2.37. The Hall–Kier alpha value is -1.88. The Morgan fingerprint density at radius 3 is 2.42 bits per heavy atom. The highest BCUT2D eigenvalue weighted by Crippen LogP contribution is 2.24. The van der Waals surface area contributed by atoms with Gasteiger partial charge in [0.05, 0.1) is 18.7 Å². The summed E-state index contributed by atoms with van der Waals surface area (Å²) in [6, 6.07) is 2.69. The van der Waals surface area contributed by atoms with Crippen molar-refractivity contribution in [2.24, 2.45) is 5.73 Å². The van der Waals surface area contributed by atoms with Crippen LogP contribution in [-0.2, 0) is 4.79 Å². The van der Waals surface area contributed by atoms with Crippen molar-refractivity contribution in [1.29, 1.82) is 0 Å². The summed E-state index contributed by atoms with van der Waals surface area (Å²) < 4.78 is 5.19. The molecule has 0 amide bonds. The second-order valence-electron chi connectivity index (χ2n) is 4.54. The van der Waals surface area contributed by atoms with E-state index in [0.717, 1.165) is 11.1 Å². The Bertz CT molecular complexity index is 496. The normalized spacial score (nSPS) is 12.0. The monoisotopic (exact) mass is 265 g/mol. The van der Waals surface area contributed by atoms with Gasteiger partial charge in [0.1, 0.15) is 5.75 Å². The van der Waals surface area contributed by atoms with Crippen molar-refractivity contribution in [2.75, 3.05) is 7.11 Å². The van der Waals surface area contributed by atoms with Gasteiger partial charge in [-0.25, -0.2) is 0 Å². The second-order valence-corrected chi connectivity index (χ2v) is 4.54. The van der Waals surface area contributed by atoms with Gasteiger partial charge in [0.2, 0.25) is 0 Å². The Labute approximate surface area is 112 Å². The quantitative estimate of drug-likeness (QED) is 0.764. The second kappa shape index (κ2) is 6.33. The Kier molecular flexibility index (Phi) is 5.06. The van der Waals surface area contributed by atoms with E-state index in [4.69, 9.17) is 15.6 Å². The predicted octanol–water partition coefficient (Wildman–Crippen LogP) is 1.69. The van der Waals surface area contributed by atoms with Gasteiger partial charge < -0.3 is 15.6 Å². The van der Waals surface area contributed by atoms with E-state index in [0.29, 0.717) is 11.3 Å². The van der Waals surface area contributed by atoms with Crippen LogP contribution in [0.25, 0.3) is 0 Å². The maximum absolute atomic E-state index is 12.2. The number of aryl methyl sites for hydroxylation is 2. The van der Waals surface area contributed by atoms with Crippen LogP contribution < -0.4 is 10.5 Å². The molecule has 3 N–H and O–H groups in total. The number of aliphatic carboxylic acids is 1. The number of rotatable bonds is 6. The van der Waals surface area contributed by atoms with Crippen LogP contribution in [0.2, 0.25) is 0 Å². The molecule has 1 atom stereocenters. The summed E-state index contributed by atoms with van der Waals surface area (Å²) in [4.78, 5) is 22.7. The van der Waals surface area contributed by atoms with Gasteiger partial charge in [-0.2, -0.15) is 0 Å². The number of methoxy groups -OCH3 is 1. The zero-order valence-corrected chi connectivity index (χ0v) is 11.4. The summed E-state index contributed by atoms with van der Waals surface area (Å²) >= 11 is 0. The Morgan fingerprint density at radius 2 is 1.89 bits per heavy atom. The van der Waals surface area contributed by atoms with Gasteiger partial charge in [0.25, 0.3) is 0 Å². The molecule has 104 valence electrons. The van der Waals surface area contributed by atoms with E-state index in [1.807, 2.05) is 13.8 Å². The Morgan fingerprint density at radius 1 is 1.32 bits per heavy atom. The van der Waals surface area contributed by atoms with Crippen LogP contribution in [0.3, 0.4) is 0 Å². The third-order valence-corrected chi connectivity index (χ3v) is 3.09. The number of hydrogen-bond donors (Lipinski definition) is 2. The first-order valence-electron chi connectivity index (χ1n) is 6.03. The molecular weight excluding hydrogens is 246 g/mol. The number of hydrogen-bond acceptors (Lipinski definition) is 4. The molecule has 0 radical (unpaired) electrons. The Balaban J connectivity index is 2.98. The van der Waals surface area contributed by atoms with Crippen molar-refractivity contribution in [1.82, 2.24) is 0 Å². The summed E-state index contributed by atoms with van der Waals surface area (Å²) in [6.07, 6.45) is -0.00961. The fraction of sp³-hybridized carbons (Fsp3) is 0.429. The highest BCUT2D eigenvalue weighted by atomic mass is 16.5. The summed E-state index contributed by atoms with van der Waals surface area (Å²) in [7, 11) is 1.49. The SMILES string of the molecule is COc1cc(C)c(C)cc1C(=O)C(N)CCC(=O)O. The van der Waals surface area contributed by atoms with Gasteiger partial charge >= 0.3 is 5.97 Å². The molecule has 0 aromatic heterocycles. The fourth-order valence-electron chi connectivity index (χ4n) is 1.76. The standard InChI is InChI=1S/C14H19NO4/c1-8-6-10(12(19-3)7-9(8)2)14(18)11(15)4-5-13(16)17/h6-7,11H,4-5,15H2,1-3H3,(H,16,17). The van der Waals surface area contributed by atoms with Crippen molar-refractivity contribution in [2.45, 2.75) is 32.7 Å². The molecule has 0 aliphatic rings. The van der Waals surface area contributed by atoms with Crippen LogP contribution in [0.1, 0.15) is 34.3 Å². The molecule has 0 saturated heterocycles. The first kappa shape index (κ1) is 15.2. The van der Waals surface area contributed by atoms with E-state index in [1.165, 1.54) is 7.11 Å². The number of carbonyl (C=O) groups is 2. The van der Waals surface area contributed by atoms with Gasteiger partial charge in [-0.1, -0.05) is 0 Å².